The molecule has 2 aliphatic rings. The first-order valence-corrected chi connectivity index (χ1v) is 16.9. The van der Waals surface area contributed by atoms with Crippen LogP contribution in [0, 0.1) is 43.2 Å². The molecule has 0 bridgehead atoms. The molecule has 2 aliphatic heterocycles. The van der Waals surface area contributed by atoms with Gasteiger partial charge in [0, 0.05) is 92.7 Å². The molecule has 0 spiro atoms. The Balaban J connectivity index is 0.000000234. The average Bonchev–Trinajstić information content (AvgIpc) is 4.16. The van der Waals surface area contributed by atoms with Gasteiger partial charge in [-0.3, -0.25) is 13.8 Å². The molecule has 0 aliphatic carbocycles. The van der Waals surface area contributed by atoms with E-state index in [4.69, 9.17) is 26.0 Å². The number of hydrogen-bond acceptors (Lipinski definition) is 8. The molecule has 8 aromatic rings. The number of para-hydroxylation sites is 4. The van der Waals surface area contributed by atoms with Gasteiger partial charge in [0.15, 0.2) is 0 Å². The zero-order chi connectivity index (χ0) is 57.3. The largest absolute Gasteiger partial charge is 3.00 e. The summed E-state index contributed by atoms with van der Waals surface area (Å²) in [6, 6.07) is 16.2. The molecule has 62 heavy (non-hydrogen) atoms. The summed E-state index contributed by atoms with van der Waals surface area (Å²) in [6.07, 6.45) is 0.816. The summed E-state index contributed by atoms with van der Waals surface area (Å²) in [5, 5.41) is 7.39. The van der Waals surface area contributed by atoms with Crippen LogP contribution in [-0.2, 0) is 60.3 Å². The maximum atomic E-state index is 13.2. The third-order valence-corrected chi connectivity index (χ3v) is 7.53. The van der Waals surface area contributed by atoms with E-state index >= 15 is 0 Å². The number of fused-ring (bicyclic) bond motifs is 1. The quantitative estimate of drug-likeness (QED) is 0.157. The Bertz CT molecular complexity index is 3640. The molecule has 2 radical (unpaired) electrons. The topological polar surface area (TPSA) is 78.6 Å². The van der Waals surface area contributed by atoms with Crippen molar-refractivity contribution in [2.45, 2.75) is 0 Å². The summed E-state index contributed by atoms with van der Waals surface area (Å²) in [6.45, 7) is 3.20. The number of anilines is 4. The van der Waals surface area contributed by atoms with E-state index in [1.807, 2.05) is 36.2 Å². The second-order valence-corrected chi connectivity index (χ2v) is 11.5. The Morgan fingerprint density at radius 1 is 0.677 bits per heavy atom. The van der Waals surface area contributed by atoms with Crippen LogP contribution >= 0.6 is 0 Å². The molecule has 0 saturated heterocycles. The Morgan fingerprint density at radius 2 is 1.35 bits per heavy atom. The van der Waals surface area contributed by atoms with Gasteiger partial charge < -0.3 is 39.8 Å². The van der Waals surface area contributed by atoms with Gasteiger partial charge in [-0.1, -0.05) is 72.1 Å². The predicted octanol–water partition coefficient (Wildman–Crippen LogP) is 10.0. The third-order valence-electron chi connectivity index (χ3n) is 7.53. The van der Waals surface area contributed by atoms with E-state index in [1.54, 1.807) is 43.0 Å². The number of halogens is 2. The van der Waals surface area contributed by atoms with Crippen LogP contribution < -0.4 is 19.7 Å². The van der Waals surface area contributed by atoms with Crippen molar-refractivity contribution in [1.82, 2.24) is 30.0 Å². The molecule has 5 heterocycles. The molecule has 3 aromatic heterocycles. The Kier molecular flexibility index (Phi) is 11.2. The van der Waals surface area contributed by atoms with Crippen LogP contribution in [0.4, 0.5) is 31.5 Å². The number of hydrogen-bond donors (Lipinski definition) is 0. The number of pyridine rings is 2. The van der Waals surface area contributed by atoms with Crippen LogP contribution in [0.25, 0.3) is 34.2 Å². The Labute approximate surface area is 428 Å². The van der Waals surface area contributed by atoms with E-state index in [2.05, 4.69) is 43.3 Å². The first kappa shape index (κ1) is 28.1. The van der Waals surface area contributed by atoms with Crippen LogP contribution in [0.3, 0.4) is 0 Å². The molecule has 0 fully saturated rings. The van der Waals surface area contributed by atoms with Gasteiger partial charge in [-0.05, 0) is 73.5 Å². The molecule has 0 unspecified atom stereocenters. The van der Waals surface area contributed by atoms with Gasteiger partial charge in [-0.25, -0.2) is 0 Å². The van der Waals surface area contributed by atoms with E-state index in [0.29, 0.717) is 11.4 Å². The van der Waals surface area contributed by atoms with Crippen molar-refractivity contribution in [3.8, 4) is 34.2 Å². The monoisotopic (exact) mass is 1380 g/mol. The SMILES string of the molecule is Fc1c[c-]c(-c2ccccn2)c(F)c1.[2H]C1=C([2H])N(c2[c-]c([2H])c([2H])c([2H])c2[2H])[CH-]N1C.[2H]c1[c-]c(N2[CH-]N(C)c3ccccc32)c([2H])c([2H])c1[2H].[2H]c1nc(-c2nnc(-c3c([2H])c([2H])c([2H])c([2H])c3[2H])[n-]2)c([2H])c([2H])c1[2H].[Ir+3].[Ir].[Ir]. The smallest absolute Gasteiger partial charge is 0.510 e. The maximum Gasteiger partial charge on any atom is 3.00 e. The van der Waals surface area contributed by atoms with Crippen molar-refractivity contribution < 1.29 is 95.1 Å². The molecule has 0 N–H and O–H groups in total. The Morgan fingerprint density at radius 3 is 2.06 bits per heavy atom. The molecule has 9 nitrogen and oxygen atoms in total. The first-order chi connectivity index (χ1) is 36.8. The molecule has 14 heteroatoms. The molecule has 0 atom stereocenters. The summed E-state index contributed by atoms with van der Waals surface area (Å²) in [5.74, 6) is -1.78. The second-order valence-electron chi connectivity index (χ2n) is 11.5. The summed E-state index contributed by atoms with van der Waals surface area (Å²) >= 11 is 0. The van der Waals surface area contributed by atoms with Gasteiger partial charge in [0.1, 0.15) is 0 Å². The van der Waals surface area contributed by atoms with Crippen LogP contribution in [0.5, 0.6) is 0 Å². The number of benzene rings is 5. The van der Waals surface area contributed by atoms with Crippen LogP contribution in [-0.4, -0.2) is 39.2 Å². The molecule has 0 amide bonds. The fourth-order valence-electron chi connectivity index (χ4n) is 4.94. The van der Waals surface area contributed by atoms with Crippen molar-refractivity contribution in [1.29, 1.82) is 0 Å². The Hall–Kier alpha value is -5.71. The summed E-state index contributed by atoms with van der Waals surface area (Å²) in [7, 11) is 3.48. The molecule has 5 aromatic carbocycles. The standard InChI is InChI=1S/C14H12N2.C13H9N4.C11H6F2N.C10H10N2.3Ir/c1-15-11-16(12-7-3-2-4-8-12)14-10-6-5-9-13(14)15;1-2-6-10(7-3-1)12-15-13(17-16-12)11-8-4-5-9-14-11;12-8-4-5-9(10(13)7-8)11-3-1-2-6-14-11;1-11-7-8-12(9-11)10-5-3-2-4-6-10;;;/h2-7,9-11H,1H3;1-9H;1-4,6-7H;2-5,7-9H,1H3;;;/q-2;2*-1;-2;;;+3/i2D,3D,4D,7D;1D,2D,3D,4D,5D,6D,7D,8D,9D;;2D,3D,4D,5D,7D,8D;;;. The minimum Gasteiger partial charge on any atom is -0.510 e. The summed E-state index contributed by atoms with van der Waals surface area (Å²) in [5.41, 5.74) is 2.35. The van der Waals surface area contributed by atoms with E-state index < -0.39 is 66.1 Å². The molecule has 0 saturated carbocycles. The second kappa shape index (κ2) is 24.7. The molecule has 10 rings (SSSR count). The van der Waals surface area contributed by atoms with Crippen molar-refractivity contribution in [3.05, 3.63) is 219 Å². The fraction of sp³-hybridized carbons (Fsp3) is 0.0417. The zero-order valence-corrected chi connectivity index (χ0v) is 38.9. The normalized spacial score (nSPS) is 16.4. The predicted molar refractivity (Wildman–Crippen MR) is 228 cm³/mol. The summed E-state index contributed by atoms with van der Waals surface area (Å²) in [4.78, 5) is 17.8. The van der Waals surface area contributed by atoms with Crippen molar-refractivity contribution in [3.63, 3.8) is 0 Å². The molecular weight excluding hydrogens is 1320 g/mol. The number of aromatic nitrogens is 5. The van der Waals surface area contributed by atoms with Crippen molar-refractivity contribution in [2.75, 3.05) is 28.8 Å². The van der Waals surface area contributed by atoms with E-state index in [0.717, 1.165) is 23.5 Å². The molecule has 318 valence electrons. The van der Waals surface area contributed by atoms with E-state index in [9.17, 15) is 8.78 Å². The molecular formula is C48H37F2Ir3N9-3. The van der Waals surface area contributed by atoms with Gasteiger partial charge in [0.05, 0.1) is 20.8 Å². The van der Waals surface area contributed by atoms with Crippen LogP contribution in [0.15, 0.2) is 176 Å². The van der Waals surface area contributed by atoms with Crippen LogP contribution in [0.1, 0.15) is 26.0 Å². The van der Waals surface area contributed by atoms with Gasteiger partial charge in [-0.2, -0.15) is 73.8 Å². The van der Waals surface area contributed by atoms with Gasteiger partial charge in [0.2, 0.25) is 0 Å². The third kappa shape index (κ3) is 13.1. The average molecular weight is 1370 g/mol. The van der Waals surface area contributed by atoms with E-state index in [-0.39, 0.29) is 155 Å². The van der Waals surface area contributed by atoms with E-state index in [1.165, 1.54) is 16.5 Å². The maximum absolute atomic E-state index is 13.2. The van der Waals surface area contributed by atoms with Gasteiger partial charge in [0.25, 0.3) is 0 Å². The zero-order valence-electron chi connectivity index (χ0n) is 50.7. The van der Waals surface area contributed by atoms with Crippen LogP contribution in [0.2, 0.25) is 0 Å². The summed E-state index contributed by atoms with van der Waals surface area (Å²) < 4.78 is 172. The number of rotatable bonds is 5. The number of nitrogens with zero attached hydrogens (tertiary/aromatic N) is 9. The fourth-order valence-corrected chi connectivity index (χ4v) is 4.94. The minimum atomic E-state index is -0.649. The van der Waals surface area contributed by atoms with Gasteiger partial charge >= 0.3 is 20.1 Å². The van der Waals surface area contributed by atoms with Gasteiger partial charge in [-0.15, -0.1) is 23.5 Å². The first-order valence-electron chi connectivity index (χ1n) is 26.4. The van der Waals surface area contributed by atoms with Crippen molar-refractivity contribution >= 4 is 22.7 Å². The van der Waals surface area contributed by atoms with Crippen molar-refractivity contribution in [2.24, 2.45) is 0 Å². The minimum absolute atomic E-state index is 0.